The Morgan fingerprint density at radius 1 is 1.33 bits per heavy atom. The number of anilines is 2. The Bertz CT molecular complexity index is 418. The summed E-state index contributed by atoms with van der Waals surface area (Å²) >= 11 is 0. The molecule has 2 amide bonds. The van der Waals surface area contributed by atoms with E-state index in [1.165, 1.54) is 12.7 Å². The van der Waals surface area contributed by atoms with Gasteiger partial charge in [0.15, 0.2) is 5.82 Å². The second-order valence-corrected chi connectivity index (χ2v) is 4.10. The number of nitrogens with one attached hydrogen (secondary N) is 1. The van der Waals surface area contributed by atoms with Crippen LogP contribution in [-0.4, -0.2) is 29.1 Å². The van der Waals surface area contributed by atoms with Crippen LogP contribution in [0.15, 0.2) is 12.4 Å². The highest BCUT2D eigenvalue weighted by Crippen LogP contribution is 2.19. The third-order valence-electron chi connectivity index (χ3n) is 2.91. The van der Waals surface area contributed by atoms with Crippen molar-refractivity contribution in [1.29, 1.82) is 0 Å². The van der Waals surface area contributed by atoms with Crippen molar-refractivity contribution in [2.75, 3.05) is 23.0 Å². The van der Waals surface area contributed by atoms with Gasteiger partial charge in [-0.25, -0.2) is 31.5 Å². The van der Waals surface area contributed by atoms with Gasteiger partial charge in [-0.1, -0.05) is 0 Å². The van der Waals surface area contributed by atoms with E-state index in [-0.39, 0.29) is 0 Å². The molecule has 8 nitrogen and oxygen atoms in total. The number of amides is 2. The van der Waals surface area contributed by atoms with Crippen molar-refractivity contribution in [3.63, 3.8) is 0 Å². The standard InChI is InChI=1S/C10H17N7O/c11-15-10(18)17(12)9-6-8(13-7-14-9)16-4-2-1-3-5-16/h6-7H,1-5,11-12H2,(H,15,18). The summed E-state index contributed by atoms with van der Waals surface area (Å²) in [5, 5.41) is 0.856. The summed E-state index contributed by atoms with van der Waals surface area (Å²) < 4.78 is 0. The van der Waals surface area contributed by atoms with Crippen LogP contribution in [-0.2, 0) is 0 Å². The lowest BCUT2D eigenvalue weighted by atomic mass is 10.1. The average Bonchev–Trinajstić information content (AvgIpc) is 2.46. The molecule has 0 radical (unpaired) electrons. The maximum absolute atomic E-state index is 11.3. The lowest BCUT2D eigenvalue weighted by Gasteiger charge is -2.28. The minimum atomic E-state index is -0.627. The van der Waals surface area contributed by atoms with Crippen LogP contribution in [0.1, 0.15) is 19.3 Å². The number of hydrogen-bond donors (Lipinski definition) is 3. The fraction of sp³-hybridized carbons (Fsp3) is 0.500. The van der Waals surface area contributed by atoms with Gasteiger partial charge in [0.2, 0.25) is 0 Å². The van der Waals surface area contributed by atoms with E-state index < -0.39 is 6.03 Å². The summed E-state index contributed by atoms with van der Waals surface area (Å²) in [6.45, 7) is 1.92. The topological polar surface area (TPSA) is 113 Å². The van der Waals surface area contributed by atoms with E-state index in [4.69, 9.17) is 11.7 Å². The molecule has 1 fully saturated rings. The third kappa shape index (κ3) is 2.66. The zero-order valence-corrected chi connectivity index (χ0v) is 10.0. The molecule has 1 aromatic rings. The molecule has 2 rings (SSSR count). The monoisotopic (exact) mass is 251 g/mol. The van der Waals surface area contributed by atoms with E-state index in [9.17, 15) is 4.79 Å². The molecule has 1 saturated heterocycles. The number of piperidine rings is 1. The number of hydrogen-bond acceptors (Lipinski definition) is 6. The minimum absolute atomic E-state index is 0.313. The Kier molecular flexibility index (Phi) is 3.90. The van der Waals surface area contributed by atoms with Gasteiger partial charge in [-0.2, -0.15) is 0 Å². The van der Waals surface area contributed by atoms with Crippen LogP contribution in [0.5, 0.6) is 0 Å². The molecule has 18 heavy (non-hydrogen) atoms. The van der Waals surface area contributed by atoms with Crippen molar-refractivity contribution in [2.45, 2.75) is 19.3 Å². The summed E-state index contributed by atoms with van der Waals surface area (Å²) in [5.74, 6) is 11.7. The first-order chi connectivity index (χ1) is 8.72. The third-order valence-corrected chi connectivity index (χ3v) is 2.91. The van der Waals surface area contributed by atoms with Crippen LogP contribution in [0.2, 0.25) is 0 Å². The fourth-order valence-corrected chi connectivity index (χ4v) is 1.94. The number of aromatic nitrogens is 2. The van der Waals surface area contributed by atoms with Gasteiger partial charge < -0.3 is 4.90 Å². The van der Waals surface area contributed by atoms with Gasteiger partial charge in [0, 0.05) is 19.2 Å². The molecule has 0 saturated carbocycles. The summed E-state index contributed by atoms with van der Waals surface area (Å²) in [5.41, 5.74) is 1.95. The molecule has 98 valence electrons. The van der Waals surface area contributed by atoms with Gasteiger partial charge >= 0.3 is 6.03 Å². The van der Waals surface area contributed by atoms with Gasteiger partial charge in [0.25, 0.3) is 0 Å². The fourth-order valence-electron chi connectivity index (χ4n) is 1.94. The number of rotatable bonds is 2. The highest BCUT2D eigenvalue weighted by molar-refractivity contribution is 5.89. The predicted octanol–water partition coefficient (Wildman–Crippen LogP) is -0.270. The normalized spacial score (nSPS) is 15.3. The van der Waals surface area contributed by atoms with Gasteiger partial charge in [-0.05, 0) is 19.3 Å². The molecular formula is C10H17N7O. The average molecular weight is 251 g/mol. The van der Waals surface area contributed by atoms with Gasteiger partial charge in [-0.15, -0.1) is 0 Å². The number of carbonyl (C=O) groups excluding carboxylic acids is 1. The molecule has 5 N–H and O–H groups in total. The van der Waals surface area contributed by atoms with Crippen molar-refractivity contribution >= 4 is 17.7 Å². The number of urea groups is 1. The molecule has 1 aliphatic heterocycles. The van der Waals surface area contributed by atoms with Crippen molar-refractivity contribution < 1.29 is 4.79 Å². The summed E-state index contributed by atoms with van der Waals surface area (Å²) in [6, 6.07) is 1.05. The van der Waals surface area contributed by atoms with E-state index in [1.807, 2.05) is 5.43 Å². The van der Waals surface area contributed by atoms with Crippen LogP contribution < -0.4 is 27.0 Å². The number of carbonyl (C=O) groups is 1. The Morgan fingerprint density at radius 3 is 2.72 bits per heavy atom. The summed E-state index contributed by atoms with van der Waals surface area (Å²) in [7, 11) is 0. The molecule has 2 heterocycles. The Labute approximate surface area is 105 Å². The van der Waals surface area contributed by atoms with E-state index in [0.29, 0.717) is 5.82 Å². The maximum Gasteiger partial charge on any atom is 0.351 e. The Balaban J connectivity index is 2.16. The second-order valence-electron chi connectivity index (χ2n) is 4.10. The minimum Gasteiger partial charge on any atom is -0.356 e. The molecule has 0 spiro atoms. The van der Waals surface area contributed by atoms with Crippen LogP contribution >= 0.6 is 0 Å². The number of hydrazine groups is 2. The first-order valence-electron chi connectivity index (χ1n) is 5.85. The van der Waals surface area contributed by atoms with Crippen LogP contribution in [0.3, 0.4) is 0 Å². The number of nitrogens with two attached hydrogens (primary N) is 2. The lowest BCUT2D eigenvalue weighted by molar-refractivity contribution is 0.246. The predicted molar refractivity (Wildman–Crippen MR) is 67.5 cm³/mol. The zero-order valence-electron chi connectivity index (χ0n) is 10.0. The van der Waals surface area contributed by atoms with Gasteiger partial charge in [-0.3, -0.25) is 5.43 Å². The molecule has 8 heteroatoms. The van der Waals surface area contributed by atoms with Gasteiger partial charge in [0.05, 0.1) is 0 Å². The molecule has 1 aromatic heterocycles. The van der Waals surface area contributed by atoms with Crippen LogP contribution in [0.4, 0.5) is 16.4 Å². The van der Waals surface area contributed by atoms with E-state index in [2.05, 4.69) is 14.9 Å². The van der Waals surface area contributed by atoms with Crippen molar-refractivity contribution in [3.05, 3.63) is 12.4 Å². The summed E-state index contributed by atoms with van der Waals surface area (Å²) in [6.07, 6.45) is 4.93. The first kappa shape index (κ1) is 12.5. The smallest absolute Gasteiger partial charge is 0.351 e. The molecule has 0 aromatic carbocycles. The highest BCUT2D eigenvalue weighted by Gasteiger charge is 2.16. The highest BCUT2D eigenvalue weighted by atomic mass is 16.2. The maximum atomic E-state index is 11.3. The Hall–Kier alpha value is -1.93. The molecule has 0 aliphatic carbocycles. The molecular weight excluding hydrogens is 234 g/mol. The van der Waals surface area contributed by atoms with Crippen molar-refractivity contribution in [1.82, 2.24) is 15.4 Å². The van der Waals surface area contributed by atoms with Crippen molar-refractivity contribution in [3.8, 4) is 0 Å². The zero-order chi connectivity index (χ0) is 13.0. The largest absolute Gasteiger partial charge is 0.356 e. The summed E-state index contributed by atoms with van der Waals surface area (Å²) in [4.78, 5) is 21.6. The van der Waals surface area contributed by atoms with Crippen LogP contribution in [0, 0.1) is 0 Å². The first-order valence-corrected chi connectivity index (χ1v) is 5.85. The molecule has 0 unspecified atom stereocenters. The van der Waals surface area contributed by atoms with E-state index >= 15 is 0 Å². The van der Waals surface area contributed by atoms with Gasteiger partial charge in [0.1, 0.15) is 12.1 Å². The molecule has 0 atom stereocenters. The quantitative estimate of drug-likeness (QED) is 0.379. The lowest BCUT2D eigenvalue weighted by Crippen LogP contribution is -2.48. The van der Waals surface area contributed by atoms with Crippen molar-refractivity contribution in [2.24, 2.45) is 11.7 Å². The second kappa shape index (κ2) is 5.61. The Morgan fingerprint density at radius 2 is 2.06 bits per heavy atom. The SMILES string of the molecule is NNC(=O)N(N)c1cc(N2CCCCC2)ncn1. The molecule has 1 aliphatic rings. The van der Waals surface area contributed by atoms with E-state index in [0.717, 1.165) is 36.8 Å². The van der Waals surface area contributed by atoms with Crippen LogP contribution in [0.25, 0.3) is 0 Å². The molecule has 0 bridgehead atoms. The number of nitrogens with zero attached hydrogens (tertiary/aromatic N) is 4. The van der Waals surface area contributed by atoms with E-state index in [1.54, 1.807) is 6.07 Å².